The fraction of sp³-hybridized carbons (Fsp3) is 0.0833. The molecule has 5 heteroatoms. The van der Waals surface area contributed by atoms with Crippen molar-refractivity contribution in [3.05, 3.63) is 78.9 Å². The maximum Gasteiger partial charge on any atom is 0.255 e. The number of hydrogen-bond donors (Lipinski definition) is 1. The molecule has 0 spiro atoms. The van der Waals surface area contributed by atoms with E-state index in [9.17, 15) is 4.79 Å². The lowest BCUT2D eigenvalue weighted by Crippen LogP contribution is -2.19. The second-order valence-corrected chi connectivity index (χ2v) is 6.56. The third-order valence-electron chi connectivity index (χ3n) is 4.64. The van der Waals surface area contributed by atoms with Crippen LogP contribution in [0.2, 0.25) is 0 Å². The van der Waals surface area contributed by atoms with E-state index in [2.05, 4.69) is 24.3 Å². The zero-order chi connectivity index (χ0) is 20.2. The molecule has 144 valence electrons. The molecule has 2 N–H and O–H groups in total. The van der Waals surface area contributed by atoms with Gasteiger partial charge in [-0.15, -0.1) is 0 Å². The molecule has 0 saturated carbocycles. The number of amides is 1. The number of nitrogens with zero attached hydrogens (tertiary/aromatic N) is 1. The van der Waals surface area contributed by atoms with E-state index in [4.69, 9.17) is 20.2 Å². The van der Waals surface area contributed by atoms with Gasteiger partial charge in [0, 0.05) is 10.9 Å². The summed E-state index contributed by atoms with van der Waals surface area (Å²) in [6.07, 6.45) is 0. The molecule has 0 aliphatic carbocycles. The van der Waals surface area contributed by atoms with Crippen LogP contribution in [0.4, 0.5) is 0 Å². The second kappa shape index (κ2) is 8.02. The van der Waals surface area contributed by atoms with E-state index in [1.807, 2.05) is 42.5 Å². The molecule has 0 unspecified atom stereocenters. The lowest BCUT2D eigenvalue weighted by Gasteiger charge is -2.13. The Morgan fingerprint density at radius 3 is 2.38 bits per heavy atom. The lowest BCUT2D eigenvalue weighted by atomic mass is 9.98. The Kier molecular flexibility index (Phi) is 5.12. The highest BCUT2D eigenvalue weighted by Gasteiger charge is 2.13. The van der Waals surface area contributed by atoms with E-state index in [-0.39, 0.29) is 6.61 Å². The third kappa shape index (κ3) is 3.89. The zero-order valence-corrected chi connectivity index (χ0v) is 16.0. The topological polar surface area (TPSA) is 74.4 Å². The summed E-state index contributed by atoms with van der Waals surface area (Å²) in [7, 11) is 1.65. The van der Waals surface area contributed by atoms with Gasteiger partial charge in [-0.1, -0.05) is 42.5 Å². The highest BCUT2D eigenvalue weighted by molar-refractivity contribution is 5.99. The van der Waals surface area contributed by atoms with Gasteiger partial charge < -0.3 is 15.2 Å². The standard InChI is InChI=1S/C24H20N2O3/c1-28-22-9-5-8-19-20(16-6-3-2-4-7-16)14-21(26-24(19)22)17-10-12-18(13-11-17)29-15-23(25)27/h2-14H,15H2,1H3,(H2,25,27). The number of rotatable bonds is 6. The van der Waals surface area contributed by atoms with Gasteiger partial charge in [0.25, 0.3) is 5.91 Å². The summed E-state index contributed by atoms with van der Waals surface area (Å²) in [6.45, 7) is -0.150. The number of hydrogen-bond acceptors (Lipinski definition) is 4. The average Bonchev–Trinajstić information content (AvgIpc) is 2.77. The molecular formula is C24H20N2O3. The van der Waals surface area contributed by atoms with Gasteiger partial charge in [-0.3, -0.25) is 4.79 Å². The van der Waals surface area contributed by atoms with Crippen molar-refractivity contribution in [3.8, 4) is 33.9 Å². The predicted molar refractivity (Wildman–Crippen MR) is 114 cm³/mol. The summed E-state index contributed by atoms with van der Waals surface area (Å²) >= 11 is 0. The van der Waals surface area contributed by atoms with Crippen LogP contribution >= 0.6 is 0 Å². The first-order chi connectivity index (χ1) is 14.2. The van der Waals surface area contributed by atoms with Gasteiger partial charge in [0.1, 0.15) is 17.0 Å². The van der Waals surface area contributed by atoms with Crippen LogP contribution in [0, 0.1) is 0 Å². The highest BCUT2D eigenvalue weighted by Crippen LogP contribution is 2.35. The summed E-state index contributed by atoms with van der Waals surface area (Å²) in [6, 6.07) is 25.6. The van der Waals surface area contributed by atoms with Crippen LogP contribution in [0.25, 0.3) is 33.3 Å². The zero-order valence-electron chi connectivity index (χ0n) is 16.0. The summed E-state index contributed by atoms with van der Waals surface area (Å²) in [5.41, 5.74) is 9.88. The summed E-state index contributed by atoms with van der Waals surface area (Å²) in [5, 5.41) is 1.03. The molecule has 3 aromatic carbocycles. The molecule has 4 rings (SSSR count). The Labute approximate surface area is 168 Å². The van der Waals surface area contributed by atoms with E-state index in [1.54, 1.807) is 19.2 Å². The Hall–Kier alpha value is -3.86. The van der Waals surface area contributed by atoms with Crippen LogP contribution in [0.5, 0.6) is 11.5 Å². The first-order valence-corrected chi connectivity index (χ1v) is 9.20. The largest absolute Gasteiger partial charge is 0.494 e. The van der Waals surface area contributed by atoms with Crippen LogP contribution < -0.4 is 15.2 Å². The van der Waals surface area contributed by atoms with Crippen molar-refractivity contribution in [2.24, 2.45) is 5.73 Å². The van der Waals surface area contributed by atoms with Crippen molar-refractivity contribution >= 4 is 16.8 Å². The molecule has 0 aliphatic rings. The molecule has 1 amide bonds. The molecule has 0 radical (unpaired) electrons. The number of para-hydroxylation sites is 1. The number of carbonyl (C=O) groups is 1. The van der Waals surface area contributed by atoms with Crippen LogP contribution in [0.15, 0.2) is 78.9 Å². The van der Waals surface area contributed by atoms with Gasteiger partial charge in [-0.05, 0) is 47.5 Å². The normalized spacial score (nSPS) is 10.7. The number of carbonyl (C=O) groups excluding carboxylic acids is 1. The van der Waals surface area contributed by atoms with E-state index in [0.717, 1.165) is 39.0 Å². The number of methoxy groups -OCH3 is 1. The maximum absolute atomic E-state index is 10.9. The molecule has 5 nitrogen and oxygen atoms in total. The van der Waals surface area contributed by atoms with Gasteiger partial charge in [0.15, 0.2) is 6.61 Å². The first-order valence-electron chi connectivity index (χ1n) is 9.20. The molecule has 0 bridgehead atoms. The van der Waals surface area contributed by atoms with E-state index >= 15 is 0 Å². The number of nitrogens with two attached hydrogens (primary N) is 1. The van der Waals surface area contributed by atoms with Crippen LogP contribution in [-0.4, -0.2) is 24.6 Å². The van der Waals surface area contributed by atoms with Crippen molar-refractivity contribution in [1.82, 2.24) is 4.98 Å². The summed E-state index contributed by atoms with van der Waals surface area (Å²) in [4.78, 5) is 15.8. The second-order valence-electron chi connectivity index (χ2n) is 6.56. The highest BCUT2D eigenvalue weighted by atomic mass is 16.5. The molecule has 1 heterocycles. The van der Waals surface area contributed by atoms with Crippen LogP contribution in [-0.2, 0) is 4.79 Å². The van der Waals surface area contributed by atoms with Gasteiger partial charge in [0.05, 0.1) is 12.8 Å². The molecule has 4 aromatic rings. The van der Waals surface area contributed by atoms with E-state index in [0.29, 0.717) is 5.75 Å². The molecule has 0 fully saturated rings. The molecule has 0 aliphatic heterocycles. The number of ether oxygens (including phenoxy) is 2. The number of primary amides is 1. The number of pyridine rings is 1. The van der Waals surface area contributed by atoms with Crippen molar-refractivity contribution in [3.63, 3.8) is 0 Å². The van der Waals surface area contributed by atoms with Crippen molar-refractivity contribution < 1.29 is 14.3 Å². The minimum Gasteiger partial charge on any atom is -0.494 e. The SMILES string of the molecule is COc1cccc2c(-c3ccccc3)cc(-c3ccc(OCC(N)=O)cc3)nc12. The summed E-state index contributed by atoms with van der Waals surface area (Å²) in [5.74, 6) is 0.794. The van der Waals surface area contributed by atoms with Crippen molar-refractivity contribution in [2.45, 2.75) is 0 Å². The monoisotopic (exact) mass is 384 g/mol. The Balaban J connectivity index is 1.84. The van der Waals surface area contributed by atoms with Gasteiger partial charge in [0.2, 0.25) is 0 Å². The Morgan fingerprint density at radius 2 is 1.69 bits per heavy atom. The average molecular weight is 384 g/mol. The molecule has 29 heavy (non-hydrogen) atoms. The van der Waals surface area contributed by atoms with E-state index < -0.39 is 5.91 Å². The molecular weight excluding hydrogens is 364 g/mol. The number of benzene rings is 3. The van der Waals surface area contributed by atoms with Crippen LogP contribution in [0.3, 0.4) is 0 Å². The molecule has 1 aromatic heterocycles. The molecule has 0 saturated heterocycles. The lowest BCUT2D eigenvalue weighted by molar-refractivity contribution is -0.119. The maximum atomic E-state index is 10.9. The Bertz CT molecular complexity index is 1160. The quantitative estimate of drug-likeness (QED) is 0.533. The first kappa shape index (κ1) is 18.5. The fourth-order valence-corrected chi connectivity index (χ4v) is 3.27. The van der Waals surface area contributed by atoms with Crippen molar-refractivity contribution in [2.75, 3.05) is 13.7 Å². The Morgan fingerprint density at radius 1 is 0.931 bits per heavy atom. The summed E-state index contributed by atoms with van der Waals surface area (Å²) < 4.78 is 10.9. The fourth-order valence-electron chi connectivity index (χ4n) is 3.27. The van der Waals surface area contributed by atoms with Crippen LogP contribution in [0.1, 0.15) is 0 Å². The minimum absolute atomic E-state index is 0.150. The molecule has 0 atom stereocenters. The number of fused-ring (bicyclic) bond motifs is 1. The van der Waals surface area contributed by atoms with Gasteiger partial charge >= 0.3 is 0 Å². The van der Waals surface area contributed by atoms with E-state index in [1.165, 1.54) is 0 Å². The third-order valence-corrected chi connectivity index (χ3v) is 4.64. The smallest absolute Gasteiger partial charge is 0.255 e. The number of aromatic nitrogens is 1. The minimum atomic E-state index is -0.509. The predicted octanol–water partition coefficient (Wildman–Crippen LogP) is 4.44. The van der Waals surface area contributed by atoms with Crippen molar-refractivity contribution in [1.29, 1.82) is 0 Å². The van der Waals surface area contributed by atoms with Gasteiger partial charge in [-0.2, -0.15) is 0 Å². The van der Waals surface area contributed by atoms with Gasteiger partial charge in [-0.25, -0.2) is 4.98 Å².